The van der Waals surface area contributed by atoms with E-state index in [1.54, 1.807) is 20.2 Å². The van der Waals surface area contributed by atoms with Gasteiger partial charge < -0.3 is 26.0 Å². The molecule has 2 heterocycles. The van der Waals surface area contributed by atoms with Crippen molar-refractivity contribution < 1.29 is 9.50 Å². The molecule has 9 heteroatoms. The normalized spacial score (nSPS) is 11.6. The van der Waals surface area contributed by atoms with Gasteiger partial charge in [-0.15, -0.1) is 0 Å². The molecule has 8 nitrogen and oxygen atoms in total. The maximum atomic E-state index is 13.7. The Kier molecular flexibility index (Phi) is 5.91. The minimum atomic E-state index is -0.938. The van der Waals surface area contributed by atoms with Gasteiger partial charge in [0.05, 0.1) is 18.5 Å². The minimum Gasteiger partial charge on any atom is -0.398 e. The predicted octanol–water partition coefficient (Wildman–Crippen LogP) is 3.39. The molecule has 0 aliphatic carbocycles. The SMILES string of the molecule is CC(C)(O)CNc1nc(NCc2cc(F)ccc2N)c2ncn(Cc3ccccc3)c2n1. The number of nitrogens with one attached hydrogen (secondary N) is 2. The van der Waals surface area contributed by atoms with E-state index in [4.69, 9.17) is 5.73 Å². The van der Waals surface area contributed by atoms with E-state index >= 15 is 0 Å². The zero-order valence-electron chi connectivity index (χ0n) is 18.0. The van der Waals surface area contributed by atoms with Crippen LogP contribution >= 0.6 is 0 Å². The fraction of sp³-hybridized carbons (Fsp3) is 0.261. The van der Waals surface area contributed by atoms with Gasteiger partial charge in [-0.05, 0) is 43.2 Å². The number of nitrogens with two attached hydrogens (primary N) is 1. The zero-order valence-corrected chi connectivity index (χ0v) is 18.0. The summed E-state index contributed by atoms with van der Waals surface area (Å²) in [5.41, 5.74) is 8.48. The summed E-state index contributed by atoms with van der Waals surface area (Å²) in [5, 5.41) is 16.4. The van der Waals surface area contributed by atoms with E-state index < -0.39 is 5.60 Å². The average molecular weight is 436 g/mol. The monoisotopic (exact) mass is 435 g/mol. The number of imidazole rings is 1. The van der Waals surface area contributed by atoms with E-state index in [9.17, 15) is 9.50 Å². The Bertz CT molecular complexity index is 1220. The molecular weight excluding hydrogens is 409 g/mol. The lowest BCUT2D eigenvalue weighted by Crippen LogP contribution is -2.30. The van der Waals surface area contributed by atoms with Crippen molar-refractivity contribution in [3.05, 3.63) is 71.8 Å². The molecule has 0 amide bonds. The van der Waals surface area contributed by atoms with Crippen molar-refractivity contribution in [2.45, 2.75) is 32.5 Å². The van der Waals surface area contributed by atoms with Gasteiger partial charge in [0.15, 0.2) is 17.0 Å². The molecule has 0 spiro atoms. The summed E-state index contributed by atoms with van der Waals surface area (Å²) in [6, 6.07) is 14.3. The van der Waals surface area contributed by atoms with Crippen LogP contribution in [0.4, 0.5) is 21.8 Å². The van der Waals surface area contributed by atoms with Crippen LogP contribution in [0.1, 0.15) is 25.0 Å². The van der Waals surface area contributed by atoms with Gasteiger partial charge in [0, 0.05) is 18.8 Å². The van der Waals surface area contributed by atoms with Gasteiger partial charge in [-0.2, -0.15) is 9.97 Å². The molecule has 166 valence electrons. The second-order valence-corrected chi connectivity index (χ2v) is 8.29. The molecule has 0 saturated heterocycles. The number of hydrogen-bond donors (Lipinski definition) is 4. The number of rotatable bonds is 8. The Hall–Kier alpha value is -3.72. The molecule has 0 bridgehead atoms. The van der Waals surface area contributed by atoms with Gasteiger partial charge in [0.2, 0.25) is 5.95 Å². The van der Waals surface area contributed by atoms with Crippen molar-refractivity contribution in [1.82, 2.24) is 19.5 Å². The standard InChI is InChI=1S/C23H26FN7O/c1-23(2,32)13-27-22-29-20(26-11-16-10-17(24)8-9-18(16)25)19-21(30-22)31(14-28-19)12-15-6-4-3-5-7-15/h3-10,14,32H,11-13,25H2,1-2H3,(H2,26,27,29,30). The molecule has 0 atom stereocenters. The summed E-state index contributed by atoms with van der Waals surface area (Å²) in [4.78, 5) is 13.7. The summed E-state index contributed by atoms with van der Waals surface area (Å²) in [7, 11) is 0. The molecule has 0 radical (unpaired) electrons. The Morgan fingerprint density at radius 1 is 1.09 bits per heavy atom. The smallest absolute Gasteiger partial charge is 0.226 e. The first kappa shape index (κ1) is 21.5. The molecule has 4 rings (SSSR count). The van der Waals surface area contributed by atoms with Crippen molar-refractivity contribution in [3.8, 4) is 0 Å². The molecule has 0 fully saturated rings. The van der Waals surface area contributed by atoms with Gasteiger partial charge in [0.25, 0.3) is 0 Å². The highest BCUT2D eigenvalue weighted by atomic mass is 19.1. The highest BCUT2D eigenvalue weighted by molar-refractivity contribution is 5.84. The van der Waals surface area contributed by atoms with Gasteiger partial charge in [-0.1, -0.05) is 30.3 Å². The third kappa shape index (κ3) is 5.12. The van der Waals surface area contributed by atoms with Crippen LogP contribution < -0.4 is 16.4 Å². The number of hydrogen-bond acceptors (Lipinski definition) is 7. The first-order valence-corrected chi connectivity index (χ1v) is 10.3. The van der Waals surface area contributed by atoms with E-state index in [0.29, 0.717) is 40.7 Å². The van der Waals surface area contributed by atoms with Crippen LogP contribution in [0.3, 0.4) is 0 Å². The molecule has 0 saturated carbocycles. The first-order chi connectivity index (χ1) is 15.3. The van der Waals surface area contributed by atoms with Crippen LogP contribution in [0.5, 0.6) is 0 Å². The predicted molar refractivity (Wildman–Crippen MR) is 124 cm³/mol. The van der Waals surface area contributed by atoms with E-state index in [1.165, 1.54) is 18.2 Å². The highest BCUT2D eigenvalue weighted by Crippen LogP contribution is 2.24. The van der Waals surface area contributed by atoms with Crippen molar-refractivity contribution >= 4 is 28.6 Å². The number of fused-ring (bicyclic) bond motifs is 1. The lowest BCUT2D eigenvalue weighted by atomic mass is 10.1. The number of nitrogen functional groups attached to an aromatic ring is 1. The maximum absolute atomic E-state index is 13.7. The Morgan fingerprint density at radius 2 is 1.88 bits per heavy atom. The molecule has 0 unspecified atom stereocenters. The molecule has 0 aliphatic rings. The molecular formula is C23H26FN7O. The van der Waals surface area contributed by atoms with Crippen LogP contribution in [-0.2, 0) is 13.1 Å². The molecule has 4 aromatic rings. The molecule has 0 aliphatic heterocycles. The van der Waals surface area contributed by atoms with E-state index in [2.05, 4.69) is 25.6 Å². The van der Waals surface area contributed by atoms with Crippen LogP contribution in [-0.4, -0.2) is 36.8 Å². The summed E-state index contributed by atoms with van der Waals surface area (Å²) >= 11 is 0. The molecule has 32 heavy (non-hydrogen) atoms. The number of aromatic nitrogens is 4. The third-order valence-corrected chi connectivity index (χ3v) is 4.89. The second-order valence-electron chi connectivity index (χ2n) is 8.29. The Balaban J connectivity index is 1.68. The van der Waals surface area contributed by atoms with Crippen LogP contribution in [0.15, 0.2) is 54.9 Å². The van der Waals surface area contributed by atoms with Crippen molar-refractivity contribution in [1.29, 1.82) is 0 Å². The first-order valence-electron chi connectivity index (χ1n) is 10.3. The summed E-state index contributed by atoms with van der Waals surface area (Å²) in [5.74, 6) is 0.483. The van der Waals surface area contributed by atoms with Crippen LogP contribution in [0.2, 0.25) is 0 Å². The molecule has 2 aromatic heterocycles. The summed E-state index contributed by atoms with van der Waals surface area (Å²) in [6.45, 7) is 4.53. The number of aliphatic hydroxyl groups is 1. The number of nitrogens with zero attached hydrogens (tertiary/aromatic N) is 4. The quantitative estimate of drug-likeness (QED) is 0.314. The van der Waals surface area contributed by atoms with Crippen molar-refractivity contribution in [3.63, 3.8) is 0 Å². The van der Waals surface area contributed by atoms with E-state index in [-0.39, 0.29) is 18.9 Å². The largest absolute Gasteiger partial charge is 0.398 e. The van der Waals surface area contributed by atoms with E-state index in [0.717, 1.165) is 5.56 Å². The van der Waals surface area contributed by atoms with Crippen molar-refractivity contribution in [2.24, 2.45) is 0 Å². The van der Waals surface area contributed by atoms with Gasteiger partial charge in [-0.25, -0.2) is 9.37 Å². The highest BCUT2D eigenvalue weighted by Gasteiger charge is 2.17. The molecule has 5 N–H and O–H groups in total. The topological polar surface area (TPSA) is 114 Å². The average Bonchev–Trinajstić information content (AvgIpc) is 3.16. The zero-order chi connectivity index (χ0) is 22.7. The second kappa shape index (κ2) is 8.80. The number of anilines is 3. The van der Waals surface area contributed by atoms with Gasteiger partial charge in [-0.3, -0.25) is 0 Å². The van der Waals surface area contributed by atoms with Gasteiger partial charge >= 0.3 is 0 Å². The van der Waals surface area contributed by atoms with Crippen LogP contribution in [0.25, 0.3) is 11.2 Å². The van der Waals surface area contributed by atoms with Gasteiger partial charge in [0.1, 0.15) is 5.82 Å². The minimum absolute atomic E-state index is 0.265. The Morgan fingerprint density at radius 3 is 2.62 bits per heavy atom. The fourth-order valence-corrected chi connectivity index (χ4v) is 3.24. The maximum Gasteiger partial charge on any atom is 0.226 e. The fourth-order valence-electron chi connectivity index (χ4n) is 3.24. The number of benzene rings is 2. The lowest BCUT2D eigenvalue weighted by molar-refractivity contribution is 0.0943. The Labute approximate surface area is 185 Å². The third-order valence-electron chi connectivity index (χ3n) is 4.89. The lowest BCUT2D eigenvalue weighted by Gasteiger charge is -2.18. The van der Waals surface area contributed by atoms with Crippen LogP contribution in [0, 0.1) is 5.82 Å². The summed E-state index contributed by atoms with van der Waals surface area (Å²) in [6.07, 6.45) is 1.72. The van der Waals surface area contributed by atoms with Crippen molar-refractivity contribution in [2.75, 3.05) is 22.9 Å². The summed E-state index contributed by atoms with van der Waals surface area (Å²) < 4.78 is 15.6. The number of halogens is 1. The molecule has 2 aromatic carbocycles. The van der Waals surface area contributed by atoms with E-state index in [1.807, 2.05) is 34.9 Å².